The molecule has 202 valence electrons. The van der Waals surface area contributed by atoms with Crippen molar-refractivity contribution in [1.82, 2.24) is 4.90 Å². The zero-order valence-electron chi connectivity index (χ0n) is 23.0. The van der Waals surface area contributed by atoms with Gasteiger partial charge in [-0.05, 0) is 86.7 Å². The van der Waals surface area contributed by atoms with E-state index in [0.29, 0.717) is 5.91 Å². The van der Waals surface area contributed by atoms with Crippen LogP contribution < -0.4 is 20.0 Å². The molecule has 6 heteroatoms. The van der Waals surface area contributed by atoms with Crippen molar-refractivity contribution in [3.63, 3.8) is 0 Å². The standard InChI is InChI=1S/C33H39N5O/c1-34-26-12-14-27(15-13-26)36-24-32(38(25-36)28-8-3-2-4-9-28)18-22-35(23-19-32)20-7-21-37-30-11-6-5-10-29(30)33(16-17-33)31(37)39/h2-6,8-15,34H,7,16-25H2,1H3. The number of hydrogen-bond donors (Lipinski definition) is 1. The molecule has 6 nitrogen and oxygen atoms in total. The molecule has 1 N–H and O–H groups in total. The monoisotopic (exact) mass is 521 g/mol. The Morgan fingerprint density at radius 2 is 1.51 bits per heavy atom. The molecule has 39 heavy (non-hydrogen) atoms. The number of para-hydroxylation sites is 2. The summed E-state index contributed by atoms with van der Waals surface area (Å²) in [5.74, 6) is 0.341. The van der Waals surface area contributed by atoms with E-state index >= 15 is 0 Å². The fourth-order valence-corrected chi connectivity index (χ4v) is 7.29. The maximum absolute atomic E-state index is 13.3. The number of carbonyl (C=O) groups excluding carboxylic acids is 1. The van der Waals surface area contributed by atoms with Crippen molar-refractivity contribution < 1.29 is 4.79 Å². The molecule has 1 amide bonds. The zero-order valence-corrected chi connectivity index (χ0v) is 23.0. The first-order chi connectivity index (χ1) is 19.1. The molecular weight excluding hydrogens is 482 g/mol. The maximum Gasteiger partial charge on any atom is 0.237 e. The van der Waals surface area contributed by atoms with Crippen molar-refractivity contribution in [3.8, 4) is 0 Å². The quantitative estimate of drug-likeness (QED) is 0.456. The van der Waals surface area contributed by atoms with Crippen molar-refractivity contribution in [2.24, 2.45) is 0 Å². The van der Waals surface area contributed by atoms with Gasteiger partial charge in [-0.25, -0.2) is 0 Å². The molecule has 0 radical (unpaired) electrons. The summed E-state index contributed by atoms with van der Waals surface area (Å²) in [5, 5.41) is 3.23. The SMILES string of the molecule is CNc1ccc(N2CN(c3ccccc3)C3(CCN(CCCN4C(=O)C5(CC5)c5ccccc54)CC3)C2)cc1. The van der Waals surface area contributed by atoms with Crippen LogP contribution in [0.2, 0.25) is 0 Å². The molecule has 0 atom stereocenters. The summed E-state index contributed by atoms with van der Waals surface area (Å²) in [7, 11) is 1.97. The van der Waals surface area contributed by atoms with Crippen LogP contribution in [0.5, 0.6) is 0 Å². The Bertz CT molecular complexity index is 1330. The van der Waals surface area contributed by atoms with Gasteiger partial charge in [-0.3, -0.25) is 4.79 Å². The number of likely N-dealkylation sites (tertiary alicyclic amines) is 1. The minimum Gasteiger partial charge on any atom is -0.388 e. The Balaban J connectivity index is 1.01. The molecule has 7 rings (SSSR count). The summed E-state index contributed by atoms with van der Waals surface area (Å²) < 4.78 is 0. The topological polar surface area (TPSA) is 42.1 Å². The second-order valence-corrected chi connectivity index (χ2v) is 11.9. The summed E-state index contributed by atoms with van der Waals surface area (Å²) in [4.78, 5) is 23.2. The van der Waals surface area contributed by atoms with Crippen LogP contribution in [0.25, 0.3) is 0 Å². The van der Waals surface area contributed by atoms with Crippen molar-refractivity contribution in [3.05, 3.63) is 84.4 Å². The predicted octanol–water partition coefficient (Wildman–Crippen LogP) is 5.32. The Kier molecular flexibility index (Phi) is 6.03. The van der Waals surface area contributed by atoms with Gasteiger partial charge in [0.2, 0.25) is 5.91 Å². The van der Waals surface area contributed by atoms with Crippen molar-refractivity contribution in [2.45, 2.75) is 43.1 Å². The van der Waals surface area contributed by atoms with Gasteiger partial charge in [0.05, 0.1) is 17.6 Å². The lowest BCUT2D eigenvalue weighted by atomic mass is 9.86. The molecule has 4 aliphatic rings. The number of amides is 1. The van der Waals surface area contributed by atoms with Crippen LogP contribution in [-0.2, 0) is 10.2 Å². The fraction of sp³-hybridized carbons (Fsp3) is 0.424. The molecule has 0 aromatic heterocycles. The highest BCUT2D eigenvalue weighted by Gasteiger charge is 2.58. The summed E-state index contributed by atoms with van der Waals surface area (Å²) in [6, 6.07) is 28.2. The summed E-state index contributed by atoms with van der Waals surface area (Å²) >= 11 is 0. The van der Waals surface area contributed by atoms with Gasteiger partial charge < -0.3 is 24.9 Å². The van der Waals surface area contributed by atoms with Gasteiger partial charge >= 0.3 is 0 Å². The van der Waals surface area contributed by atoms with Gasteiger partial charge in [0.15, 0.2) is 0 Å². The number of benzene rings is 3. The number of piperidine rings is 1. The minimum absolute atomic E-state index is 0.141. The third-order valence-electron chi connectivity index (χ3n) is 9.72. The first-order valence-electron chi connectivity index (χ1n) is 14.6. The van der Waals surface area contributed by atoms with E-state index in [9.17, 15) is 4.79 Å². The van der Waals surface area contributed by atoms with Gasteiger partial charge in [0.25, 0.3) is 0 Å². The molecular formula is C33H39N5O. The highest BCUT2D eigenvalue weighted by atomic mass is 16.2. The van der Waals surface area contributed by atoms with E-state index in [4.69, 9.17) is 0 Å². The van der Waals surface area contributed by atoms with E-state index in [2.05, 4.69) is 104 Å². The van der Waals surface area contributed by atoms with E-state index in [1.54, 1.807) is 0 Å². The number of anilines is 4. The third kappa shape index (κ3) is 4.17. The average molecular weight is 522 g/mol. The molecule has 2 spiro atoms. The molecule has 3 aromatic carbocycles. The first-order valence-corrected chi connectivity index (χ1v) is 14.6. The van der Waals surface area contributed by atoms with Crippen LogP contribution in [0.3, 0.4) is 0 Å². The Morgan fingerprint density at radius 1 is 0.795 bits per heavy atom. The van der Waals surface area contributed by atoms with Crippen LogP contribution in [0.15, 0.2) is 78.9 Å². The second-order valence-electron chi connectivity index (χ2n) is 11.9. The number of rotatable bonds is 7. The molecule has 3 fully saturated rings. The van der Waals surface area contributed by atoms with Crippen LogP contribution in [-0.4, -0.2) is 62.8 Å². The highest BCUT2D eigenvalue weighted by molar-refractivity contribution is 6.10. The van der Waals surface area contributed by atoms with Gasteiger partial charge in [-0.2, -0.15) is 0 Å². The lowest BCUT2D eigenvalue weighted by Gasteiger charge is -2.45. The van der Waals surface area contributed by atoms with E-state index in [1.165, 1.54) is 16.9 Å². The largest absolute Gasteiger partial charge is 0.388 e. The number of nitrogens with one attached hydrogen (secondary N) is 1. The van der Waals surface area contributed by atoms with Crippen LogP contribution in [0.4, 0.5) is 22.7 Å². The van der Waals surface area contributed by atoms with E-state index in [1.807, 2.05) is 7.05 Å². The number of carbonyl (C=O) groups is 1. The fourth-order valence-electron chi connectivity index (χ4n) is 7.29. The number of hydrogen-bond acceptors (Lipinski definition) is 5. The van der Waals surface area contributed by atoms with Crippen molar-refractivity contribution in [2.75, 3.05) is 66.5 Å². The number of nitrogens with zero attached hydrogens (tertiary/aromatic N) is 4. The molecule has 2 saturated heterocycles. The summed E-state index contributed by atoms with van der Waals surface area (Å²) in [6.07, 6.45) is 5.36. The highest BCUT2D eigenvalue weighted by Crippen LogP contribution is 2.57. The molecule has 1 saturated carbocycles. The van der Waals surface area contributed by atoms with Crippen LogP contribution in [0.1, 0.15) is 37.7 Å². The number of fused-ring (bicyclic) bond motifs is 2. The van der Waals surface area contributed by atoms with Crippen LogP contribution >= 0.6 is 0 Å². The zero-order chi connectivity index (χ0) is 26.5. The third-order valence-corrected chi connectivity index (χ3v) is 9.72. The van der Waals surface area contributed by atoms with Crippen molar-refractivity contribution >= 4 is 28.7 Å². The van der Waals surface area contributed by atoms with E-state index in [0.717, 1.165) is 82.9 Å². The second kappa shape index (κ2) is 9.60. The van der Waals surface area contributed by atoms with Gasteiger partial charge in [-0.1, -0.05) is 36.4 Å². The van der Waals surface area contributed by atoms with Gasteiger partial charge in [-0.15, -0.1) is 0 Å². The Hall–Kier alpha value is -3.51. The summed E-state index contributed by atoms with van der Waals surface area (Å²) in [6.45, 7) is 6.05. The van der Waals surface area contributed by atoms with Gasteiger partial charge in [0.1, 0.15) is 0 Å². The van der Waals surface area contributed by atoms with Gasteiger partial charge in [0, 0.05) is 56.0 Å². The molecule has 3 aliphatic heterocycles. The normalized spacial score (nSPS) is 21.2. The molecule has 1 aliphatic carbocycles. The minimum atomic E-state index is -0.184. The van der Waals surface area contributed by atoms with Crippen molar-refractivity contribution in [1.29, 1.82) is 0 Å². The molecule has 0 unspecified atom stereocenters. The summed E-state index contributed by atoms with van der Waals surface area (Å²) in [5.41, 5.74) is 6.14. The maximum atomic E-state index is 13.3. The lowest BCUT2D eigenvalue weighted by Crippen LogP contribution is -2.54. The van der Waals surface area contributed by atoms with Crippen LogP contribution in [0, 0.1) is 0 Å². The smallest absolute Gasteiger partial charge is 0.237 e. The Morgan fingerprint density at radius 3 is 2.23 bits per heavy atom. The predicted molar refractivity (Wildman–Crippen MR) is 160 cm³/mol. The van der Waals surface area contributed by atoms with E-state index in [-0.39, 0.29) is 11.0 Å². The molecule has 3 aromatic rings. The Labute approximate surface area is 232 Å². The first kappa shape index (κ1) is 24.5. The molecule has 3 heterocycles. The lowest BCUT2D eigenvalue weighted by molar-refractivity contribution is -0.120. The van der Waals surface area contributed by atoms with E-state index < -0.39 is 0 Å². The molecule has 0 bridgehead atoms. The average Bonchev–Trinajstić information content (AvgIpc) is 3.67.